The number of anilines is 1. The minimum absolute atomic E-state index is 0.333. The van der Waals surface area contributed by atoms with Gasteiger partial charge in [-0.15, -0.1) is 10.2 Å². The highest BCUT2D eigenvalue weighted by Gasteiger charge is 2.06. The average molecular weight is 240 g/mol. The molecule has 0 aliphatic heterocycles. The van der Waals surface area contributed by atoms with Crippen molar-refractivity contribution in [2.45, 2.75) is 6.61 Å². The van der Waals surface area contributed by atoms with E-state index in [2.05, 4.69) is 10.2 Å². The van der Waals surface area contributed by atoms with Gasteiger partial charge in [-0.25, -0.2) is 0 Å². The van der Waals surface area contributed by atoms with Crippen molar-refractivity contribution in [1.29, 1.82) is 0 Å². The molecule has 0 spiro atoms. The third-order valence-electron chi connectivity index (χ3n) is 2.66. The summed E-state index contributed by atoms with van der Waals surface area (Å²) in [6.45, 7) is 0.333. The van der Waals surface area contributed by atoms with Crippen molar-refractivity contribution in [2.75, 3.05) is 5.73 Å². The first-order valence-electron chi connectivity index (χ1n) is 5.60. The number of benzene rings is 1. The van der Waals surface area contributed by atoms with Crippen molar-refractivity contribution < 1.29 is 4.74 Å². The maximum absolute atomic E-state index is 5.80. The highest BCUT2D eigenvalue weighted by atomic mass is 16.5. The van der Waals surface area contributed by atoms with E-state index >= 15 is 0 Å². The van der Waals surface area contributed by atoms with Crippen molar-refractivity contribution in [3.8, 4) is 5.75 Å². The monoisotopic (exact) mass is 240 g/mol. The van der Waals surface area contributed by atoms with Crippen molar-refractivity contribution in [3.05, 3.63) is 54.5 Å². The topological polar surface area (TPSA) is 65.4 Å². The number of ether oxygens (including phenoxy) is 1. The van der Waals surface area contributed by atoms with Gasteiger partial charge >= 0.3 is 0 Å². The van der Waals surface area contributed by atoms with Crippen LogP contribution in [0.1, 0.15) is 5.82 Å². The second-order valence-electron chi connectivity index (χ2n) is 3.87. The maximum Gasteiger partial charge on any atom is 0.175 e. The van der Waals surface area contributed by atoms with Crippen molar-refractivity contribution in [1.82, 2.24) is 14.6 Å². The maximum atomic E-state index is 5.80. The van der Waals surface area contributed by atoms with E-state index in [9.17, 15) is 0 Å². The molecule has 5 heteroatoms. The molecule has 2 heterocycles. The van der Waals surface area contributed by atoms with Gasteiger partial charge in [-0.2, -0.15) is 0 Å². The molecule has 90 valence electrons. The minimum Gasteiger partial charge on any atom is -0.483 e. The Hall–Kier alpha value is -2.56. The number of hydrogen-bond acceptors (Lipinski definition) is 4. The zero-order valence-corrected chi connectivity index (χ0v) is 9.65. The molecule has 0 radical (unpaired) electrons. The summed E-state index contributed by atoms with van der Waals surface area (Å²) in [5, 5.41) is 8.14. The number of nitrogen functional groups attached to an aromatic ring is 1. The Morgan fingerprint density at radius 2 is 1.89 bits per heavy atom. The molecule has 0 amide bonds. The van der Waals surface area contributed by atoms with Gasteiger partial charge in [0, 0.05) is 6.20 Å². The highest BCUT2D eigenvalue weighted by molar-refractivity contribution is 5.51. The number of hydrogen-bond donors (Lipinski definition) is 1. The SMILES string of the molecule is Nc1ccccc1OCc1nnc2ccccn12. The summed E-state index contributed by atoms with van der Waals surface area (Å²) in [5.74, 6) is 1.40. The van der Waals surface area contributed by atoms with Crippen molar-refractivity contribution in [3.63, 3.8) is 0 Å². The Kier molecular flexibility index (Phi) is 2.57. The van der Waals surface area contributed by atoms with E-state index in [1.165, 1.54) is 0 Å². The predicted octanol–water partition coefficient (Wildman–Crippen LogP) is 1.89. The lowest BCUT2D eigenvalue weighted by Gasteiger charge is -2.07. The molecule has 3 aromatic rings. The van der Waals surface area contributed by atoms with E-state index in [1.54, 1.807) is 6.07 Å². The van der Waals surface area contributed by atoms with E-state index in [0.717, 1.165) is 11.5 Å². The molecule has 2 aromatic heterocycles. The molecule has 5 nitrogen and oxygen atoms in total. The second-order valence-corrected chi connectivity index (χ2v) is 3.87. The molecule has 18 heavy (non-hydrogen) atoms. The zero-order valence-electron chi connectivity index (χ0n) is 9.65. The van der Waals surface area contributed by atoms with Crippen LogP contribution in [0.5, 0.6) is 5.75 Å². The number of nitrogens with two attached hydrogens (primary N) is 1. The highest BCUT2D eigenvalue weighted by Crippen LogP contribution is 2.20. The summed E-state index contributed by atoms with van der Waals surface area (Å²) < 4.78 is 7.53. The van der Waals surface area contributed by atoms with Gasteiger partial charge in [0.25, 0.3) is 0 Å². The van der Waals surface area contributed by atoms with E-state index < -0.39 is 0 Å². The molecular weight excluding hydrogens is 228 g/mol. The molecular formula is C13H12N4O. The van der Waals surface area contributed by atoms with Gasteiger partial charge in [0.1, 0.15) is 12.4 Å². The molecule has 3 rings (SSSR count). The van der Waals surface area contributed by atoms with E-state index in [1.807, 2.05) is 47.0 Å². The Balaban J connectivity index is 1.83. The van der Waals surface area contributed by atoms with Crippen molar-refractivity contribution in [2.24, 2.45) is 0 Å². The van der Waals surface area contributed by atoms with Gasteiger partial charge in [-0.05, 0) is 24.3 Å². The van der Waals surface area contributed by atoms with Crippen LogP contribution in [0.25, 0.3) is 5.65 Å². The number of nitrogens with zero attached hydrogens (tertiary/aromatic N) is 3. The molecule has 2 N–H and O–H groups in total. The lowest BCUT2D eigenvalue weighted by Crippen LogP contribution is -2.02. The van der Waals surface area contributed by atoms with Crippen molar-refractivity contribution >= 4 is 11.3 Å². The van der Waals surface area contributed by atoms with Gasteiger partial charge in [-0.3, -0.25) is 4.40 Å². The Labute approximate surface area is 104 Å². The normalized spacial score (nSPS) is 10.7. The Morgan fingerprint density at radius 3 is 2.78 bits per heavy atom. The lowest BCUT2D eigenvalue weighted by molar-refractivity contribution is 0.296. The molecule has 0 fully saturated rings. The third kappa shape index (κ3) is 1.86. The number of fused-ring (bicyclic) bond motifs is 1. The second kappa shape index (κ2) is 4.37. The van der Waals surface area contributed by atoms with Crippen LogP contribution in [0.3, 0.4) is 0 Å². The molecule has 0 atom stereocenters. The van der Waals surface area contributed by atoms with Gasteiger partial charge < -0.3 is 10.5 Å². The van der Waals surface area contributed by atoms with Crippen LogP contribution in [-0.2, 0) is 6.61 Å². The molecule has 0 bridgehead atoms. The fourth-order valence-electron chi connectivity index (χ4n) is 1.74. The quantitative estimate of drug-likeness (QED) is 0.710. The summed E-state index contributed by atoms with van der Waals surface area (Å²) in [7, 11) is 0. The first-order valence-corrected chi connectivity index (χ1v) is 5.60. The van der Waals surface area contributed by atoms with Crippen LogP contribution < -0.4 is 10.5 Å². The third-order valence-corrected chi connectivity index (χ3v) is 2.66. The number of para-hydroxylation sites is 2. The van der Waals surface area contributed by atoms with E-state index in [-0.39, 0.29) is 0 Å². The van der Waals surface area contributed by atoms with E-state index in [0.29, 0.717) is 18.0 Å². The van der Waals surface area contributed by atoms with Gasteiger partial charge in [-0.1, -0.05) is 18.2 Å². The fourth-order valence-corrected chi connectivity index (χ4v) is 1.74. The van der Waals surface area contributed by atoms with Gasteiger partial charge in [0.05, 0.1) is 5.69 Å². The lowest BCUT2D eigenvalue weighted by atomic mass is 10.3. The zero-order chi connectivity index (χ0) is 12.4. The standard InChI is InChI=1S/C13H12N4O/c14-10-5-1-2-6-11(10)18-9-13-16-15-12-7-3-4-8-17(12)13/h1-8H,9,14H2. The Morgan fingerprint density at radius 1 is 1.06 bits per heavy atom. The van der Waals surface area contributed by atoms with Gasteiger partial charge in [0.15, 0.2) is 11.5 Å². The fraction of sp³-hybridized carbons (Fsp3) is 0.0769. The van der Waals surface area contributed by atoms with Crippen LogP contribution in [0.2, 0.25) is 0 Å². The number of aromatic nitrogens is 3. The van der Waals surface area contributed by atoms with Crippen LogP contribution in [0.15, 0.2) is 48.7 Å². The van der Waals surface area contributed by atoms with Crippen LogP contribution in [-0.4, -0.2) is 14.6 Å². The smallest absolute Gasteiger partial charge is 0.175 e. The summed E-state index contributed by atoms with van der Waals surface area (Å²) in [5.41, 5.74) is 7.22. The van der Waals surface area contributed by atoms with Gasteiger partial charge in [0.2, 0.25) is 0 Å². The molecule has 0 aliphatic rings. The molecule has 0 saturated carbocycles. The minimum atomic E-state index is 0.333. The van der Waals surface area contributed by atoms with Crippen LogP contribution >= 0.6 is 0 Å². The largest absolute Gasteiger partial charge is 0.483 e. The Bertz CT molecular complexity index is 677. The van der Waals surface area contributed by atoms with Crippen LogP contribution in [0.4, 0.5) is 5.69 Å². The summed E-state index contributed by atoms with van der Waals surface area (Å²) >= 11 is 0. The van der Waals surface area contributed by atoms with E-state index in [4.69, 9.17) is 10.5 Å². The first kappa shape index (κ1) is 10.6. The molecule has 1 aromatic carbocycles. The molecule has 0 unspecified atom stereocenters. The summed E-state index contributed by atoms with van der Waals surface area (Å²) in [6, 6.07) is 13.1. The summed E-state index contributed by atoms with van der Waals surface area (Å²) in [4.78, 5) is 0. The molecule has 0 saturated heterocycles. The number of rotatable bonds is 3. The first-order chi connectivity index (χ1) is 8.84. The predicted molar refractivity (Wildman–Crippen MR) is 68.2 cm³/mol. The summed E-state index contributed by atoms with van der Waals surface area (Å²) in [6.07, 6.45) is 1.91. The number of pyridine rings is 1. The average Bonchev–Trinajstić information content (AvgIpc) is 2.81. The molecule has 0 aliphatic carbocycles. The van der Waals surface area contributed by atoms with Crippen LogP contribution in [0, 0.1) is 0 Å².